The number of methoxy groups -OCH3 is 1. The molecule has 240 valence electrons. The third kappa shape index (κ3) is 4.94. The smallest absolute Gasteiger partial charge is 0.256 e. The summed E-state index contributed by atoms with van der Waals surface area (Å²) in [5.41, 5.74) is 2.72. The van der Waals surface area contributed by atoms with Crippen molar-refractivity contribution >= 4 is 31.9 Å². The van der Waals surface area contributed by atoms with Crippen LogP contribution >= 0.6 is 0 Å². The van der Waals surface area contributed by atoms with Crippen molar-refractivity contribution in [2.45, 2.75) is 97.2 Å². The highest BCUT2D eigenvalue weighted by atomic mass is 28.4. The summed E-state index contributed by atoms with van der Waals surface area (Å²) in [6.07, 6.45) is 5.21. The molecule has 1 aromatic rings. The highest BCUT2D eigenvalue weighted by Gasteiger charge is 2.61. The number of rotatable bonds is 11. The van der Waals surface area contributed by atoms with Gasteiger partial charge in [-0.15, -0.1) is 0 Å². The number of benzene rings is 1. The fraction of sp³-hybridized carbons (Fsp3) is 0.657. The highest BCUT2D eigenvalue weighted by molar-refractivity contribution is 6.77. The molecule has 3 fully saturated rings. The molecule has 9 heteroatoms. The Morgan fingerprint density at radius 2 is 1.43 bits per heavy atom. The molecule has 0 radical (unpaired) electrons. The molecule has 44 heavy (non-hydrogen) atoms. The maximum absolute atomic E-state index is 13.8. The minimum Gasteiger partial charge on any atom is -0.540 e. The second kappa shape index (κ2) is 12.5. The van der Waals surface area contributed by atoms with Crippen molar-refractivity contribution in [2.24, 2.45) is 29.6 Å². The molecular weight excluding hydrogens is 572 g/mol. The van der Waals surface area contributed by atoms with Gasteiger partial charge in [-0.05, 0) is 67.4 Å². The van der Waals surface area contributed by atoms with Crippen LogP contribution in [0.25, 0.3) is 0 Å². The maximum atomic E-state index is 13.8. The van der Waals surface area contributed by atoms with E-state index in [0.29, 0.717) is 42.8 Å². The Morgan fingerprint density at radius 3 is 2.00 bits per heavy atom. The van der Waals surface area contributed by atoms with Crippen LogP contribution in [0.1, 0.15) is 85.6 Å². The molecule has 2 aliphatic carbocycles. The number of carbonyl (C=O) groups excluding carboxylic acids is 4. The van der Waals surface area contributed by atoms with Crippen LogP contribution in [0.15, 0.2) is 29.8 Å². The van der Waals surface area contributed by atoms with Crippen LogP contribution in [0.4, 0.5) is 0 Å². The van der Waals surface area contributed by atoms with Crippen molar-refractivity contribution in [3.8, 4) is 11.5 Å². The van der Waals surface area contributed by atoms with Gasteiger partial charge in [0.1, 0.15) is 5.75 Å². The molecule has 5 rings (SSSR count). The highest BCUT2D eigenvalue weighted by Crippen LogP contribution is 2.58. The summed E-state index contributed by atoms with van der Waals surface area (Å²) in [5, 5.41) is 0. The molecule has 0 bridgehead atoms. The number of fused-ring (bicyclic) bond motifs is 4. The summed E-state index contributed by atoms with van der Waals surface area (Å²) >= 11 is 0. The van der Waals surface area contributed by atoms with Crippen LogP contribution in [0.3, 0.4) is 0 Å². The summed E-state index contributed by atoms with van der Waals surface area (Å²) in [6.45, 7) is 15.6. The lowest BCUT2D eigenvalue weighted by molar-refractivity contribution is -0.141. The third-order valence-corrected chi connectivity index (χ3v) is 16.8. The molecular formula is C35H50N2O6Si. The fourth-order valence-electron chi connectivity index (χ4n) is 8.87. The molecule has 6 atom stereocenters. The fourth-order valence-corrected chi connectivity index (χ4v) is 13.4. The number of likely N-dealkylation sites (tertiary alicyclic amines) is 2. The Kier molecular flexibility index (Phi) is 9.18. The Labute approximate surface area is 263 Å². The molecule has 8 nitrogen and oxygen atoms in total. The molecule has 2 aliphatic heterocycles. The molecule has 0 spiro atoms. The zero-order valence-corrected chi connectivity index (χ0v) is 28.7. The summed E-state index contributed by atoms with van der Waals surface area (Å²) in [5.74, 6) is -1.83. The van der Waals surface area contributed by atoms with E-state index in [4.69, 9.17) is 9.16 Å². The first kappa shape index (κ1) is 32.5. The first-order valence-electron chi connectivity index (χ1n) is 16.7. The van der Waals surface area contributed by atoms with Crippen molar-refractivity contribution in [2.75, 3.05) is 20.2 Å². The van der Waals surface area contributed by atoms with Crippen molar-refractivity contribution in [1.29, 1.82) is 0 Å². The Morgan fingerprint density at radius 1 is 0.818 bits per heavy atom. The normalized spacial score (nSPS) is 28.5. The lowest BCUT2D eigenvalue weighted by Gasteiger charge is -2.44. The number of unbranched alkanes of at least 4 members (excludes halogenated alkanes) is 1. The summed E-state index contributed by atoms with van der Waals surface area (Å²) in [6, 6.07) is 7.07. The first-order chi connectivity index (χ1) is 21.0. The SMILES string of the molecule is CCCC[Si](Oc1ccc([C@H]2C3=CC[C@@H]4C(=O)N(CC)C(=O)[C@@H]4[C@@H]3C[C@H]3C(=O)N(CC)C(=O)[C@@H]23)cc1OC)(C(C)C)C(C)C. The van der Waals surface area contributed by atoms with Gasteiger partial charge in [0.05, 0.1) is 30.8 Å². The third-order valence-electron chi connectivity index (χ3n) is 11.2. The van der Waals surface area contributed by atoms with Crippen LogP contribution in [-0.4, -0.2) is 61.9 Å². The Bertz CT molecular complexity index is 1350. The van der Waals surface area contributed by atoms with E-state index >= 15 is 0 Å². The van der Waals surface area contributed by atoms with E-state index in [0.717, 1.165) is 35.8 Å². The average molecular weight is 623 g/mol. The number of carbonyl (C=O) groups is 4. The predicted molar refractivity (Wildman–Crippen MR) is 172 cm³/mol. The van der Waals surface area contributed by atoms with Gasteiger partial charge < -0.3 is 9.16 Å². The molecule has 1 aromatic carbocycles. The van der Waals surface area contributed by atoms with E-state index in [1.54, 1.807) is 7.11 Å². The number of amides is 4. The van der Waals surface area contributed by atoms with E-state index in [1.165, 1.54) is 9.80 Å². The molecule has 4 aliphatic rings. The minimum atomic E-state index is -2.21. The number of hydrogen-bond acceptors (Lipinski definition) is 6. The number of nitrogens with zero attached hydrogens (tertiary/aromatic N) is 2. The predicted octanol–water partition coefficient (Wildman–Crippen LogP) is 6.32. The van der Waals surface area contributed by atoms with Crippen molar-refractivity contribution in [3.63, 3.8) is 0 Å². The number of imide groups is 2. The van der Waals surface area contributed by atoms with Crippen LogP contribution in [-0.2, 0) is 19.2 Å². The second-order valence-corrected chi connectivity index (χ2v) is 18.7. The van der Waals surface area contributed by atoms with Gasteiger partial charge in [0, 0.05) is 19.0 Å². The summed E-state index contributed by atoms with van der Waals surface area (Å²) in [4.78, 5) is 57.0. The van der Waals surface area contributed by atoms with Gasteiger partial charge in [0.15, 0.2) is 5.75 Å². The quantitative estimate of drug-likeness (QED) is 0.163. The number of allylic oxidation sites excluding steroid dienone is 2. The monoisotopic (exact) mass is 622 g/mol. The average Bonchev–Trinajstić information content (AvgIpc) is 3.40. The van der Waals surface area contributed by atoms with E-state index in [-0.39, 0.29) is 35.5 Å². The van der Waals surface area contributed by atoms with Gasteiger partial charge in [-0.25, -0.2) is 0 Å². The van der Waals surface area contributed by atoms with Gasteiger partial charge in [-0.3, -0.25) is 29.0 Å². The van der Waals surface area contributed by atoms with Crippen LogP contribution in [0.5, 0.6) is 11.5 Å². The minimum absolute atomic E-state index is 0.116. The molecule has 0 aromatic heterocycles. The van der Waals surface area contributed by atoms with E-state index in [9.17, 15) is 19.2 Å². The van der Waals surface area contributed by atoms with Crippen molar-refractivity contribution in [3.05, 3.63) is 35.4 Å². The standard InChI is InChI=1S/C35H50N2O6Si/c1-9-12-17-44(20(4)5,21(6)7)43-27-16-13-22(18-28(27)42-8)29-23-14-15-24-30(34(40)36(10-2)32(24)38)25(23)19-26-31(29)35(41)37(11-3)33(26)39/h13-14,16,18,20-21,24-26,29-31H,9-12,15,17,19H2,1-8H3/t24-,25+,26+,29-,30-,31+/m0/s1. The molecule has 2 heterocycles. The largest absolute Gasteiger partial charge is 0.540 e. The molecule has 0 N–H and O–H groups in total. The van der Waals surface area contributed by atoms with Gasteiger partial charge in [-0.1, -0.05) is 65.2 Å². The molecule has 1 saturated carbocycles. The van der Waals surface area contributed by atoms with Crippen molar-refractivity contribution < 1.29 is 28.3 Å². The van der Waals surface area contributed by atoms with Crippen LogP contribution < -0.4 is 9.16 Å². The van der Waals surface area contributed by atoms with E-state index in [1.807, 2.05) is 32.0 Å². The molecule has 4 amide bonds. The second-order valence-electron chi connectivity index (χ2n) is 13.7. The van der Waals surface area contributed by atoms with Gasteiger partial charge >= 0.3 is 0 Å². The lowest BCUT2D eigenvalue weighted by atomic mass is 9.57. The lowest BCUT2D eigenvalue weighted by Crippen LogP contribution is -2.48. The topological polar surface area (TPSA) is 93.2 Å². The Balaban J connectivity index is 1.59. The number of hydrogen-bond donors (Lipinski definition) is 0. The molecule has 2 saturated heterocycles. The van der Waals surface area contributed by atoms with Gasteiger partial charge in [0.25, 0.3) is 8.32 Å². The van der Waals surface area contributed by atoms with Gasteiger partial charge in [0.2, 0.25) is 23.6 Å². The van der Waals surface area contributed by atoms with Crippen molar-refractivity contribution in [1.82, 2.24) is 9.80 Å². The van der Waals surface area contributed by atoms with Gasteiger partial charge in [-0.2, -0.15) is 0 Å². The first-order valence-corrected chi connectivity index (χ1v) is 19.0. The Hall–Kier alpha value is -2.94. The summed E-state index contributed by atoms with van der Waals surface area (Å²) < 4.78 is 13.0. The van der Waals surface area contributed by atoms with Crippen LogP contribution in [0.2, 0.25) is 17.1 Å². The van der Waals surface area contributed by atoms with E-state index in [2.05, 4.69) is 40.7 Å². The number of ether oxygens (including phenoxy) is 1. The molecule has 0 unspecified atom stereocenters. The zero-order valence-electron chi connectivity index (χ0n) is 27.7. The maximum Gasteiger partial charge on any atom is 0.256 e. The zero-order chi connectivity index (χ0) is 32.1. The van der Waals surface area contributed by atoms with Crippen LogP contribution in [0, 0.1) is 29.6 Å². The summed E-state index contributed by atoms with van der Waals surface area (Å²) in [7, 11) is -0.563. The van der Waals surface area contributed by atoms with E-state index < -0.39 is 32.0 Å².